The largest absolute Gasteiger partial charge is 0.433 e. The van der Waals surface area contributed by atoms with Crippen LogP contribution in [0.4, 0.5) is 14.5 Å². The zero-order valence-electron chi connectivity index (χ0n) is 14.9. The van der Waals surface area contributed by atoms with Crippen LogP contribution in [0.2, 0.25) is 0 Å². The number of benzene rings is 2. The quantitative estimate of drug-likeness (QED) is 0.675. The maximum atomic E-state index is 13.1. The Bertz CT molecular complexity index is 979. The molecule has 28 heavy (non-hydrogen) atoms. The molecule has 1 aliphatic rings. The Hall–Kier alpha value is -3.35. The van der Waals surface area contributed by atoms with Crippen molar-refractivity contribution in [3.8, 4) is 17.1 Å². The number of carbonyl (C=O) groups excluding carboxylic acids is 1. The van der Waals surface area contributed by atoms with Crippen molar-refractivity contribution >= 4 is 11.6 Å². The fourth-order valence-electron chi connectivity index (χ4n) is 3.34. The first-order valence-electron chi connectivity index (χ1n) is 8.89. The molecule has 0 unspecified atom stereocenters. The van der Waals surface area contributed by atoms with Gasteiger partial charge in [0.25, 0.3) is 5.91 Å². The zero-order chi connectivity index (χ0) is 19.5. The summed E-state index contributed by atoms with van der Waals surface area (Å²) in [5.41, 5.74) is 2.34. The van der Waals surface area contributed by atoms with Gasteiger partial charge in [-0.1, -0.05) is 42.5 Å². The normalized spacial score (nSPS) is 13.3. The summed E-state index contributed by atoms with van der Waals surface area (Å²) < 4.78 is 30.3. The molecule has 0 radical (unpaired) electrons. The predicted octanol–water partition coefficient (Wildman–Crippen LogP) is 4.34. The third-order valence-corrected chi connectivity index (χ3v) is 4.57. The maximum absolute atomic E-state index is 13.1. The van der Waals surface area contributed by atoms with Crippen molar-refractivity contribution < 1.29 is 18.3 Å². The highest BCUT2D eigenvalue weighted by Gasteiger charge is 2.28. The summed E-state index contributed by atoms with van der Waals surface area (Å²) in [6.45, 7) is -2.55. The van der Waals surface area contributed by atoms with Crippen molar-refractivity contribution in [2.45, 2.75) is 19.5 Å². The van der Waals surface area contributed by atoms with Crippen molar-refractivity contribution in [3.05, 3.63) is 72.1 Å². The summed E-state index contributed by atoms with van der Waals surface area (Å²) >= 11 is 0. The Morgan fingerprint density at radius 1 is 1.04 bits per heavy atom. The van der Waals surface area contributed by atoms with Crippen LogP contribution >= 0.6 is 0 Å². The number of carbonyl (C=O) groups is 1. The van der Waals surface area contributed by atoms with E-state index in [1.165, 1.54) is 23.4 Å². The van der Waals surface area contributed by atoms with E-state index in [1.54, 1.807) is 6.07 Å². The van der Waals surface area contributed by atoms with Gasteiger partial charge in [0.2, 0.25) is 0 Å². The van der Waals surface area contributed by atoms with Gasteiger partial charge in [-0.15, -0.1) is 0 Å². The highest BCUT2D eigenvalue weighted by Crippen LogP contribution is 2.37. The predicted molar refractivity (Wildman–Crippen MR) is 101 cm³/mol. The SMILES string of the molecule is O=C(c1cnc(-c2ccccc2)nc1)N1CCCc2cccc(OC(F)F)c21. The summed E-state index contributed by atoms with van der Waals surface area (Å²) in [7, 11) is 0. The summed E-state index contributed by atoms with van der Waals surface area (Å²) in [4.78, 5) is 23.1. The van der Waals surface area contributed by atoms with E-state index in [2.05, 4.69) is 14.7 Å². The van der Waals surface area contributed by atoms with Crippen molar-refractivity contribution in [2.75, 3.05) is 11.4 Å². The number of hydrogen-bond donors (Lipinski definition) is 0. The molecule has 1 aromatic heterocycles. The van der Waals surface area contributed by atoms with Crippen LogP contribution in [-0.2, 0) is 6.42 Å². The van der Waals surface area contributed by atoms with Gasteiger partial charge in [0, 0.05) is 24.5 Å². The number of anilines is 1. The topological polar surface area (TPSA) is 55.3 Å². The number of para-hydroxylation sites is 1. The molecule has 7 heteroatoms. The summed E-state index contributed by atoms with van der Waals surface area (Å²) in [5, 5.41) is 0. The van der Waals surface area contributed by atoms with Gasteiger partial charge in [-0.3, -0.25) is 4.79 Å². The van der Waals surface area contributed by atoms with Crippen LogP contribution in [0.25, 0.3) is 11.4 Å². The number of rotatable bonds is 4. The lowest BCUT2D eigenvalue weighted by Crippen LogP contribution is -2.36. The maximum Gasteiger partial charge on any atom is 0.387 e. The molecule has 0 fully saturated rings. The van der Waals surface area contributed by atoms with Crippen molar-refractivity contribution in [1.29, 1.82) is 0 Å². The number of alkyl halides is 2. The van der Waals surface area contributed by atoms with Crippen molar-refractivity contribution in [2.24, 2.45) is 0 Å². The van der Waals surface area contributed by atoms with Crippen LogP contribution in [0.3, 0.4) is 0 Å². The molecule has 1 aliphatic heterocycles. The molecule has 2 heterocycles. The monoisotopic (exact) mass is 381 g/mol. The van der Waals surface area contributed by atoms with Crippen LogP contribution in [0.5, 0.6) is 5.75 Å². The molecule has 0 saturated heterocycles. The van der Waals surface area contributed by atoms with Crippen LogP contribution in [0, 0.1) is 0 Å². The van der Waals surface area contributed by atoms with E-state index in [0.717, 1.165) is 17.5 Å². The van der Waals surface area contributed by atoms with Gasteiger partial charge in [0.15, 0.2) is 5.82 Å². The van der Waals surface area contributed by atoms with E-state index in [9.17, 15) is 13.6 Å². The minimum atomic E-state index is -2.96. The second-order valence-electron chi connectivity index (χ2n) is 6.36. The number of nitrogens with zero attached hydrogens (tertiary/aromatic N) is 3. The average molecular weight is 381 g/mol. The molecule has 0 spiro atoms. The fourth-order valence-corrected chi connectivity index (χ4v) is 3.34. The third-order valence-electron chi connectivity index (χ3n) is 4.57. The minimum Gasteiger partial charge on any atom is -0.433 e. The second kappa shape index (κ2) is 7.72. The minimum absolute atomic E-state index is 0.00220. The summed E-state index contributed by atoms with van der Waals surface area (Å²) in [5.74, 6) is 0.172. The van der Waals surface area contributed by atoms with E-state index in [1.807, 2.05) is 36.4 Å². The summed E-state index contributed by atoms with van der Waals surface area (Å²) in [6, 6.07) is 14.3. The van der Waals surface area contributed by atoms with Crippen LogP contribution in [0.1, 0.15) is 22.3 Å². The van der Waals surface area contributed by atoms with E-state index < -0.39 is 6.61 Å². The highest BCUT2D eigenvalue weighted by atomic mass is 19.3. The molecular formula is C21H17F2N3O2. The number of amides is 1. The molecule has 0 aliphatic carbocycles. The summed E-state index contributed by atoms with van der Waals surface area (Å²) in [6.07, 6.45) is 4.36. The molecule has 3 aromatic rings. The lowest BCUT2D eigenvalue weighted by atomic mass is 10.0. The number of fused-ring (bicyclic) bond motifs is 1. The Morgan fingerprint density at radius 2 is 1.79 bits per heavy atom. The molecule has 0 N–H and O–H groups in total. The first kappa shape index (κ1) is 18.0. The zero-order valence-corrected chi connectivity index (χ0v) is 14.9. The second-order valence-corrected chi connectivity index (χ2v) is 6.36. The highest BCUT2D eigenvalue weighted by molar-refractivity contribution is 6.07. The number of hydrogen-bond acceptors (Lipinski definition) is 4. The van der Waals surface area contributed by atoms with E-state index in [-0.39, 0.29) is 11.7 Å². The Morgan fingerprint density at radius 3 is 2.50 bits per heavy atom. The molecule has 5 nitrogen and oxygen atoms in total. The van der Waals surface area contributed by atoms with Crippen molar-refractivity contribution in [3.63, 3.8) is 0 Å². The number of aryl methyl sites for hydroxylation is 1. The van der Waals surface area contributed by atoms with E-state index >= 15 is 0 Å². The molecule has 0 saturated carbocycles. The van der Waals surface area contributed by atoms with Crippen LogP contribution in [-0.4, -0.2) is 29.0 Å². The van der Waals surface area contributed by atoms with Crippen LogP contribution in [0.15, 0.2) is 60.9 Å². The smallest absolute Gasteiger partial charge is 0.387 e. The molecule has 1 amide bonds. The standard InChI is InChI=1S/C21H17F2N3O2/c22-21(23)28-17-10-4-8-14-9-5-11-26(18(14)17)20(27)16-12-24-19(25-13-16)15-6-2-1-3-7-15/h1-4,6-8,10,12-13,21H,5,9,11H2. The molecule has 142 valence electrons. The molecular weight excluding hydrogens is 364 g/mol. The fraction of sp³-hybridized carbons (Fsp3) is 0.190. The van der Waals surface area contributed by atoms with Gasteiger partial charge < -0.3 is 9.64 Å². The first-order valence-corrected chi connectivity index (χ1v) is 8.89. The van der Waals surface area contributed by atoms with Gasteiger partial charge >= 0.3 is 6.61 Å². The van der Waals surface area contributed by atoms with Crippen molar-refractivity contribution in [1.82, 2.24) is 9.97 Å². The third kappa shape index (κ3) is 3.55. The Kier molecular flexibility index (Phi) is 4.97. The van der Waals surface area contributed by atoms with Gasteiger partial charge in [-0.2, -0.15) is 8.78 Å². The van der Waals surface area contributed by atoms with E-state index in [0.29, 0.717) is 30.0 Å². The first-order chi connectivity index (χ1) is 13.6. The molecule has 4 rings (SSSR count). The van der Waals surface area contributed by atoms with Gasteiger partial charge in [0.05, 0.1) is 11.3 Å². The van der Waals surface area contributed by atoms with Gasteiger partial charge in [-0.05, 0) is 24.5 Å². The molecule has 0 bridgehead atoms. The van der Waals surface area contributed by atoms with E-state index in [4.69, 9.17) is 0 Å². The van der Waals surface area contributed by atoms with Gasteiger partial charge in [-0.25, -0.2) is 9.97 Å². The average Bonchev–Trinajstić information content (AvgIpc) is 2.73. The number of halogens is 2. The lowest BCUT2D eigenvalue weighted by molar-refractivity contribution is -0.0495. The lowest BCUT2D eigenvalue weighted by Gasteiger charge is -2.31. The van der Waals surface area contributed by atoms with Crippen LogP contribution < -0.4 is 9.64 Å². The number of aromatic nitrogens is 2. The Balaban J connectivity index is 1.65. The molecule has 0 atom stereocenters. The Labute approximate surface area is 160 Å². The number of ether oxygens (including phenoxy) is 1. The molecule has 2 aromatic carbocycles. The van der Waals surface area contributed by atoms with Gasteiger partial charge in [0.1, 0.15) is 5.75 Å².